The van der Waals surface area contributed by atoms with Crippen molar-refractivity contribution < 1.29 is 14.6 Å². The molecule has 2 N–H and O–H groups in total. The van der Waals surface area contributed by atoms with Gasteiger partial charge in [0.25, 0.3) is 11.5 Å². The van der Waals surface area contributed by atoms with Crippen molar-refractivity contribution in [1.82, 2.24) is 15.1 Å². The van der Waals surface area contributed by atoms with Crippen LogP contribution in [0.25, 0.3) is 0 Å². The molecule has 0 aliphatic rings. The minimum atomic E-state index is -0.805. The average molecular weight is 269 g/mol. The van der Waals surface area contributed by atoms with E-state index in [2.05, 4.69) is 10.4 Å². The van der Waals surface area contributed by atoms with E-state index in [4.69, 9.17) is 4.74 Å². The molecule has 1 heterocycles. The SMILES string of the molecule is COCC(O)CNC(=O)c1c(C)c(C)nn(C)c1=O. The molecule has 1 rings (SSSR count). The Morgan fingerprint density at radius 2 is 2.16 bits per heavy atom. The molecule has 0 aliphatic carbocycles. The summed E-state index contributed by atoms with van der Waals surface area (Å²) >= 11 is 0. The number of rotatable bonds is 5. The van der Waals surface area contributed by atoms with Crippen LogP contribution in [0.3, 0.4) is 0 Å². The van der Waals surface area contributed by atoms with Crippen LogP contribution in [-0.2, 0) is 11.8 Å². The molecule has 19 heavy (non-hydrogen) atoms. The molecule has 0 saturated carbocycles. The van der Waals surface area contributed by atoms with E-state index < -0.39 is 17.6 Å². The van der Waals surface area contributed by atoms with Gasteiger partial charge in [-0.15, -0.1) is 0 Å². The van der Waals surface area contributed by atoms with Crippen molar-refractivity contribution in [3.63, 3.8) is 0 Å². The molecule has 1 aromatic heterocycles. The third kappa shape index (κ3) is 3.62. The van der Waals surface area contributed by atoms with E-state index in [0.29, 0.717) is 11.3 Å². The van der Waals surface area contributed by atoms with E-state index in [1.54, 1.807) is 13.8 Å². The van der Waals surface area contributed by atoms with Crippen LogP contribution in [0.15, 0.2) is 4.79 Å². The molecule has 7 nitrogen and oxygen atoms in total. The van der Waals surface area contributed by atoms with E-state index in [1.807, 2.05) is 0 Å². The Morgan fingerprint density at radius 1 is 1.53 bits per heavy atom. The predicted molar refractivity (Wildman–Crippen MR) is 69.2 cm³/mol. The standard InChI is InChI=1S/C12H19N3O4/c1-7-8(2)14-15(3)12(18)10(7)11(17)13-5-9(16)6-19-4/h9,16H,5-6H2,1-4H3,(H,13,17). The molecule has 0 saturated heterocycles. The van der Waals surface area contributed by atoms with Gasteiger partial charge in [-0.25, -0.2) is 4.68 Å². The van der Waals surface area contributed by atoms with E-state index in [1.165, 1.54) is 14.2 Å². The number of hydrogen-bond acceptors (Lipinski definition) is 5. The summed E-state index contributed by atoms with van der Waals surface area (Å²) in [7, 11) is 2.95. The number of hydrogen-bond donors (Lipinski definition) is 2. The Morgan fingerprint density at radius 3 is 2.74 bits per heavy atom. The molecule has 0 aromatic carbocycles. The molecular weight excluding hydrogens is 250 g/mol. The summed E-state index contributed by atoms with van der Waals surface area (Å²) in [5, 5.41) is 16.0. The van der Waals surface area contributed by atoms with Crippen molar-refractivity contribution >= 4 is 5.91 Å². The van der Waals surface area contributed by atoms with Crippen LogP contribution in [0, 0.1) is 13.8 Å². The largest absolute Gasteiger partial charge is 0.389 e. The van der Waals surface area contributed by atoms with Crippen LogP contribution in [0.5, 0.6) is 0 Å². The summed E-state index contributed by atoms with van der Waals surface area (Å²) < 4.78 is 5.88. The molecule has 106 valence electrons. The third-order valence-corrected chi connectivity index (χ3v) is 2.81. The van der Waals surface area contributed by atoms with Gasteiger partial charge in [0.05, 0.1) is 18.4 Å². The zero-order chi connectivity index (χ0) is 14.6. The molecule has 7 heteroatoms. The minimum Gasteiger partial charge on any atom is -0.389 e. The zero-order valence-electron chi connectivity index (χ0n) is 11.6. The van der Waals surface area contributed by atoms with Gasteiger partial charge in [0.2, 0.25) is 0 Å². The van der Waals surface area contributed by atoms with E-state index in [0.717, 1.165) is 4.68 Å². The summed E-state index contributed by atoms with van der Waals surface area (Å²) in [6.45, 7) is 3.54. The van der Waals surface area contributed by atoms with Crippen LogP contribution in [0.2, 0.25) is 0 Å². The Hall–Kier alpha value is -1.73. The number of ether oxygens (including phenoxy) is 1. The molecule has 1 unspecified atom stereocenters. The lowest BCUT2D eigenvalue weighted by Crippen LogP contribution is -2.39. The van der Waals surface area contributed by atoms with E-state index in [-0.39, 0.29) is 18.7 Å². The highest BCUT2D eigenvalue weighted by Gasteiger charge is 2.18. The Balaban J connectivity index is 2.92. The first-order valence-corrected chi connectivity index (χ1v) is 5.88. The fourth-order valence-electron chi connectivity index (χ4n) is 1.67. The van der Waals surface area contributed by atoms with Gasteiger partial charge in [-0.3, -0.25) is 9.59 Å². The quantitative estimate of drug-likeness (QED) is 0.725. The monoisotopic (exact) mass is 269 g/mol. The predicted octanol–water partition coefficient (Wildman–Crippen LogP) is -0.866. The van der Waals surface area contributed by atoms with Gasteiger partial charge in [0.1, 0.15) is 5.56 Å². The number of carbonyl (C=O) groups excluding carboxylic acids is 1. The fraction of sp³-hybridized carbons (Fsp3) is 0.583. The first kappa shape index (κ1) is 15.3. The molecular formula is C12H19N3O4. The number of methoxy groups -OCH3 is 1. The maximum atomic E-state index is 12.0. The number of carbonyl (C=O) groups is 1. The first-order valence-electron chi connectivity index (χ1n) is 5.88. The van der Waals surface area contributed by atoms with Crippen molar-refractivity contribution in [3.8, 4) is 0 Å². The second-order valence-corrected chi connectivity index (χ2v) is 4.33. The summed E-state index contributed by atoms with van der Waals surface area (Å²) in [6, 6.07) is 0. The number of aliphatic hydroxyl groups is 1. The van der Waals surface area contributed by atoms with E-state index in [9.17, 15) is 14.7 Å². The van der Waals surface area contributed by atoms with Crippen LogP contribution < -0.4 is 10.9 Å². The smallest absolute Gasteiger partial charge is 0.279 e. The second-order valence-electron chi connectivity index (χ2n) is 4.33. The van der Waals surface area contributed by atoms with Crippen LogP contribution >= 0.6 is 0 Å². The molecule has 0 aliphatic heterocycles. The summed E-state index contributed by atoms with van der Waals surface area (Å²) in [5.74, 6) is -0.515. The van der Waals surface area contributed by atoms with Crippen LogP contribution in [0.4, 0.5) is 0 Å². The zero-order valence-corrected chi connectivity index (χ0v) is 11.6. The normalized spacial score (nSPS) is 12.3. The number of amides is 1. The second kappa shape index (κ2) is 6.44. The Kier molecular flexibility index (Phi) is 5.20. The van der Waals surface area contributed by atoms with Crippen molar-refractivity contribution in [2.24, 2.45) is 7.05 Å². The summed E-state index contributed by atoms with van der Waals surface area (Å²) in [6.07, 6.45) is -0.805. The van der Waals surface area contributed by atoms with Crippen molar-refractivity contribution in [3.05, 3.63) is 27.2 Å². The third-order valence-electron chi connectivity index (χ3n) is 2.81. The molecule has 0 fully saturated rings. The molecule has 0 spiro atoms. The Bertz CT molecular complexity index is 524. The lowest BCUT2D eigenvalue weighted by atomic mass is 10.1. The topological polar surface area (TPSA) is 93.4 Å². The number of aliphatic hydroxyl groups excluding tert-OH is 1. The number of nitrogens with zero attached hydrogens (tertiary/aromatic N) is 2. The van der Waals surface area contributed by atoms with Crippen molar-refractivity contribution in [2.75, 3.05) is 20.3 Å². The highest BCUT2D eigenvalue weighted by Crippen LogP contribution is 2.05. The van der Waals surface area contributed by atoms with Gasteiger partial charge >= 0.3 is 0 Å². The Labute approximate surface area is 111 Å². The van der Waals surface area contributed by atoms with Crippen LogP contribution in [-0.4, -0.2) is 47.2 Å². The van der Waals surface area contributed by atoms with Crippen molar-refractivity contribution in [2.45, 2.75) is 20.0 Å². The van der Waals surface area contributed by atoms with Gasteiger partial charge < -0.3 is 15.2 Å². The summed E-state index contributed by atoms with van der Waals surface area (Å²) in [4.78, 5) is 23.9. The highest BCUT2D eigenvalue weighted by atomic mass is 16.5. The molecule has 0 bridgehead atoms. The van der Waals surface area contributed by atoms with Gasteiger partial charge in [0, 0.05) is 20.7 Å². The number of aromatic nitrogens is 2. The summed E-state index contributed by atoms with van der Waals surface area (Å²) in [5.41, 5.74) is 0.757. The van der Waals surface area contributed by atoms with Crippen molar-refractivity contribution in [1.29, 1.82) is 0 Å². The van der Waals surface area contributed by atoms with Gasteiger partial charge in [-0.1, -0.05) is 0 Å². The number of aryl methyl sites for hydroxylation is 2. The molecule has 1 atom stereocenters. The average Bonchev–Trinajstić information content (AvgIpc) is 2.35. The van der Waals surface area contributed by atoms with Crippen LogP contribution in [0.1, 0.15) is 21.6 Å². The van der Waals surface area contributed by atoms with Gasteiger partial charge in [0.15, 0.2) is 0 Å². The highest BCUT2D eigenvalue weighted by molar-refractivity contribution is 5.95. The van der Waals surface area contributed by atoms with Gasteiger partial charge in [-0.2, -0.15) is 5.10 Å². The number of nitrogens with one attached hydrogen (secondary N) is 1. The maximum absolute atomic E-state index is 12.0. The fourth-order valence-corrected chi connectivity index (χ4v) is 1.67. The molecule has 1 amide bonds. The minimum absolute atomic E-state index is 0.0244. The lowest BCUT2D eigenvalue weighted by Gasteiger charge is -2.12. The van der Waals surface area contributed by atoms with E-state index >= 15 is 0 Å². The molecule has 1 aromatic rings. The maximum Gasteiger partial charge on any atom is 0.279 e. The van der Waals surface area contributed by atoms with Gasteiger partial charge in [-0.05, 0) is 19.4 Å². The first-order chi connectivity index (χ1) is 8.88. The lowest BCUT2D eigenvalue weighted by molar-refractivity contribution is 0.0609. The molecule has 0 radical (unpaired) electrons.